The molecule has 2 N–H and O–H groups in total. The van der Waals surface area contributed by atoms with Crippen LogP contribution < -0.4 is 10.6 Å². The summed E-state index contributed by atoms with van der Waals surface area (Å²) in [6.45, 7) is 0.676. The quantitative estimate of drug-likeness (QED) is 0.732. The number of nitrogens with one attached hydrogen (secondary N) is 2. The molecule has 0 aliphatic heterocycles. The summed E-state index contributed by atoms with van der Waals surface area (Å²) in [4.78, 5) is 20.3. The largest absolute Gasteiger partial charge is 0.380 e. The molecule has 0 saturated carbocycles. The lowest BCUT2D eigenvalue weighted by Crippen LogP contribution is -2.15. The molecule has 0 aliphatic rings. The number of hydrogen-bond donors (Lipinski definition) is 2. The first-order valence-electron chi connectivity index (χ1n) is 7.72. The number of amides is 1. The van der Waals surface area contributed by atoms with E-state index in [9.17, 15) is 4.79 Å². The Morgan fingerprint density at radius 2 is 1.75 bits per heavy atom. The van der Waals surface area contributed by atoms with Crippen LogP contribution in [0.25, 0.3) is 0 Å². The van der Waals surface area contributed by atoms with Crippen molar-refractivity contribution >= 4 is 17.4 Å². The molecule has 0 unspecified atom stereocenters. The van der Waals surface area contributed by atoms with Crippen LogP contribution in [0, 0.1) is 0 Å². The topological polar surface area (TPSA) is 66.9 Å². The van der Waals surface area contributed by atoms with E-state index in [0.717, 1.165) is 16.8 Å². The van der Waals surface area contributed by atoms with E-state index >= 15 is 0 Å². The standard InChI is InChI=1S/C19H18N4O/c24-19(11-15-5-2-1-3-6-15)23-18-9-8-17(14-22-18)21-13-16-7-4-10-20-12-16/h1-10,12,14,21H,11,13H2,(H,22,23,24). The number of aromatic nitrogens is 2. The van der Waals surface area contributed by atoms with E-state index < -0.39 is 0 Å². The maximum atomic E-state index is 12.0. The highest BCUT2D eigenvalue weighted by Gasteiger charge is 2.04. The molecule has 3 aromatic rings. The van der Waals surface area contributed by atoms with Crippen LogP contribution in [0.15, 0.2) is 73.2 Å². The van der Waals surface area contributed by atoms with Crippen molar-refractivity contribution < 1.29 is 4.79 Å². The molecular formula is C19H18N4O. The second kappa shape index (κ2) is 7.87. The van der Waals surface area contributed by atoms with Gasteiger partial charge in [0.25, 0.3) is 0 Å². The summed E-state index contributed by atoms with van der Waals surface area (Å²) >= 11 is 0. The van der Waals surface area contributed by atoms with Gasteiger partial charge in [0, 0.05) is 18.9 Å². The Morgan fingerprint density at radius 3 is 2.46 bits per heavy atom. The SMILES string of the molecule is O=C(Cc1ccccc1)Nc1ccc(NCc2cccnc2)cn1. The van der Waals surface area contributed by atoms with E-state index in [2.05, 4.69) is 20.6 Å². The van der Waals surface area contributed by atoms with Crippen molar-refractivity contribution in [3.63, 3.8) is 0 Å². The molecule has 2 aromatic heterocycles. The van der Waals surface area contributed by atoms with Gasteiger partial charge in [-0.15, -0.1) is 0 Å². The monoisotopic (exact) mass is 318 g/mol. The first-order valence-corrected chi connectivity index (χ1v) is 7.72. The lowest BCUT2D eigenvalue weighted by atomic mass is 10.1. The van der Waals surface area contributed by atoms with E-state index in [1.165, 1.54) is 0 Å². The Kier molecular flexibility index (Phi) is 5.14. The van der Waals surface area contributed by atoms with Crippen molar-refractivity contribution in [2.75, 3.05) is 10.6 Å². The van der Waals surface area contributed by atoms with Crippen LogP contribution in [-0.2, 0) is 17.8 Å². The van der Waals surface area contributed by atoms with Crippen LogP contribution in [0.3, 0.4) is 0 Å². The van der Waals surface area contributed by atoms with Gasteiger partial charge in [-0.2, -0.15) is 0 Å². The normalized spacial score (nSPS) is 10.2. The van der Waals surface area contributed by atoms with E-state index in [4.69, 9.17) is 0 Å². The molecule has 5 heteroatoms. The summed E-state index contributed by atoms with van der Waals surface area (Å²) in [5.74, 6) is 0.465. The minimum absolute atomic E-state index is 0.0789. The van der Waals surface area contributed by atoms with Crippen LogP contribution in [-0.4, -0.2) is 15.9 Å². The van der Waals surface area contributed by atoms with Crippen molar-refractivity contribution in [2.24, 2.45) is 0 Å². The zero-order chi connectivity index (χ0) is 16.6. The zero-order valence-corrected chi connectivity index (χ0v) is 13.1. The summed E-state index contributed by atoms with van der Waals surface area (Å²) in [7, 11) is 0. The number of hydrogen-bond acceptors (Lipinski definition) is 4. The van der Waals surface area contributed by atoms with Crippen molar-refractivity contribution in [3.05, 3.63) is 84.3 Å². The number of benzene rings is 1. The molecule has 0 atom stereocenters. The van der Waals surface area contributed by atoms with E-state index in [1.54, 1.807) is 18.5 Å². The van der Waals surface area contributed by atoms with Gasteiger partial charge in [-0.05, 0) is 29.3 Å². The Labute approximate surface area is 140 Å². The third-order valence-electron chi connectivity index (χ3n) is 3.46. The van der Waals surface area contributed by atoms with Gasteiger partial charge in [-0.25, -0.2) is 4.98 Å². The van der Waals surface area contributed by atoms with E-state index in [-0.39, 0.29) is 5.91 Å². The number of carbonyl (C=O) groups is 1. The van der Waals surface area contributed by atoms with Gasteiger partial charge in [-0.3, -0.25) is 9.78 Å². The molecule has 0 spiro atoms. The Morgan fingerprint density at radius 1 is 0.917 bits per heavy atom. The summed E-state index contributed by atoms with van der Waals surface area (Å²) in [6.07, 6.45) is 5.61. The summed E-state index contributed by atoms with van der Waals surface area (Å²) in [5, 5.41) is 6.07. The number of rotatable bonds is 6. The van der Waals surface area contributed by atoms with Crippen LogP contribution in [0.4, 0.5) is 11.5 Å². The average molecular weight is 318 g/mol. The van der Waals surface area contributed by atoms with Gasteiger partial charge < -0.3 is 10.6 Å². The third kappa shape index (κ3) is 4.64. The number of carbonyl (C=O) groups excluding carboxylic acids is 1. The lowest BCUT2D eigenvalue weighted by molar-refractivity contribution is -0.115. The molecule has 2 heterocycles. The Hall–Kier alpha value is -3.21. The van der Waals surface area contributed by atoms with Crippen LogP contribution in [0.2, 0.25) is 0 Å². The Balaban J connectivity index is 1.51. The van der Waals surface area contributed by atoms with E-state index in [1.807, 2.05) is 54.7 Å². The maximum Gasteiger partial charge on any atom is 0.229 e. The van der Waals surface area contributed by atoms with Crippen LogP contribution in [0.5, 0.6) is 0 Å². The molecule has 0 radical (unpaired) electrons. The van der Waals surface area contributed by atoms with Gasteiger partial charge in [0.2, 0.25) is 5.91 Å². The number of pyridine rings is 2. The fourth-order valence-corrected chi connectivity index (χ4v) is 2.25. The van der Waals surface area contributed by atoms with Crippen molar-refractivity contribution in [2.45, 2.75) is 13.0 Å². The molecule has 24 heavy (non-hydrogen) atoms. The first kappa shape index (κ1) is 15.7. The van der Waals surface area contributed by atoms with Crippen molar-refractivity contribution in [1.29, 1.82) is 0 Å². The highest BCUT2D eigenvalue weighted by atomic mass is 16.1. The van der Waals surface area contributed by atoms with Crippen LogP contribution >= 0.6 is 0 Å². The molecule has 0 fully saturated rings. The molecule has 0 saturated heterocycles. The fourth-order valence-electron chi connectivity index (χ4n) is 2.25. The van der Waals surface area contributed by atoms with Crippen molar-refractivity contribution in [3.8, 4) is 0 Å². The average Bonchev–Trinajstić information content (AvgIpc) is 2.63. The molecule has 0 bridgehead atoms. The molecule has 0 aliphatic carbocycles. The van der Waals surface area contributed by atoms with Crippen LogP contribution in [0.1, 0.15) is 11.1 Å². The zero-order valence-electron chi connectivity index (χ0n) is 13.1. The van der Waals surface area contributed by atoms with Gasteiger partial charge in [0.05, 0.1) is 18.3 Å². The predicted octanol–water partition coefficient (Wildman–Crippen LogP) is 3.27. The fraction of sp³-hybridized carbons (Fsp3) is 0.105. The Bertz CT molecular complexity index is 773. The van der Waals surface area contributed by atoms with Crippen molar-refractivity contribution in [1.82, 2.24) is 9.97 Å². The van der Waals surface area contributed by atoms with Gasteiger partial charge in [0.15, 0.2) is 0 Å². The van der Waals surface area contributed by atoms with E-state index in [0.29, 0.717) is 18.8 Å². The molecule has 1 aromatic carbocycles. The third-order valence-corrected chi connectivity index (χ3v) is 3.46. The van der Waals surface area contributed by atoms with Gasteiger partial charge >= 0.3 is 0 Å². The molecule has 5 nitrogen and oxygen atoms in total. The highest BCUT2D eigenvalue weighted by molar-refractivity contribution is 5.91. The first-order chi connectivity index (χ1) is 11.8. The molecule has 1 amide bonds. The second-order valence-electron chi connectivity index (χ2n) is 5.36. The molecule has 3 rings (SSSR count). The molecular weight excluding hydrogens is 300 g/mol. The van der Waals surface area contributed by atoms with Gasteiger partial charge in [-0.1, -0.05) is 36.4 Å². The lowest BCUT2D eigenvalue weighted by Gasteiger charge is -2.08. The summed E-state index contributed by atoms with van der Waals surface area (Å²) in [5.41, 5.74) is 2.96. The number of nitrogens with zero attached hydrogens (tertiary/aromatic N) is 2. The smallest absolute Gasteiger partial charge is 0.229 e. The minimum Gasteiger partial charge on any atom is -0.380 e. The summed E-state index contributed by atoms with van der Waals surface area (Å²) in [6, 6.07) is 17.2. The highest BCUT2D eigenvalue weighted by Crippen LogP contribution is 2.11. The number of anilines is 2. The molecule has 120 valence electrons. The predicted molar refractivity (Wildman–Crippen MR) is 94.6 cm³/mol. The second-order valence-corrected chi connectivity index (χ2v) is 5.36. The maximum absolute atomic E-state index is 12.0. The summed E-state index contributed by atoms with van der Waals surface area (Å²) < 4.78 is 0. The minimum atomic E-state index is -0.0789. The van der Waals surface area contributed by atoms with Gasteiger partial charge in [0.1, 0.15) is 5.82 Å².